The van der Waals surface area contributed by atoms with Gasteiger partial charge >= 0.3 is 0 Å². The lowest BCUT2D eigenvalue weighted by Gasteiger charge is -2.11. The van der Waals surface area contributed by atoms with Crippen molar-refractivity contribution in [3.05, 3.63) is 30.1 Å². The van der Waals surface area contributed by atoms with E-state index in [9.17, 15) is 0 Å². The lowest BCUT2D eigenvalue weighted by Crippen LogP contribution is -2.19. The van der Waals surface area contributed by atoms with Gasteiger partial charge in [0.1, 0.15) is 11.3 Å². The van der Waals surface area contributed by atoms with Gasteiger partial charge in [-0.25, -0.2) is 9.97 Å². The smallest absolute Gasteiger partial charge is 0.152 e. The number of ether oxygens (including phenoxy) is 1. The molecule has 3 rings (SSSR count). The average Bonchev–Trinajstić information content (AvgIpc) is 3.07. The van der Waals surface area contributed by atoms with Crippen molar-refractivity contribution < 1.29 is 4.74 Å². The standard InChI is InChI=1S/C21H32N6OS/c1-15(2)14-24-29-23-11-6-7-12-27-18(10-13-28-3)26-19-20(27)16-8-4-5-9-17(16)25-21(19)22/h4-5,8-9,15,23-24H,6-7,10-14H2,1-3H3,(H2,22,25). The van der Waals surface area contributed by atoms with Gasteiger partial charge in [-0.1, -0.05) is 32.0 Å². The van der Waals surface area contributed by atoms with E-state index in [1.165, 1.54) is 0 Å². The second-order valence-electron chi connectivity index (χ2n) is 7.58. The summed E-state index contributed by atoms with van der Waals surface area (Å²) >= 11 is 1.59. The molecule has 29 heavy (non-hydrogen) atoms. The lowest BCUT2D eigenvalue weighted by molar-refractivity contribution is 0.199. The molecule has 0 amide bonds. The Hall–Kier alpha value is -1.87. The Bertz CT molecular complexity index is 926. The maximum absolute atomic E-state index is 6.24. The van der Waals surface area contributed by atoms with Gasteiger partial charge in [-0.2, -0.15) is 0 Å². The molecule has 158 valence electrons. The van der Waals surface area contributed by atoms with Gasteiger partial charge < -0.3 is 15.0 Å². The molecule has 0 aliphatic carbocycles. The van der Waals surface area contributed by atoms with Crippen molar-refractivity contribution in [1.82, 2.24) is 24.0 Å². The molecule has 0 aliphatic rings. The number of nitrogen functional groups attached to an aromatic ring is 1. The van der Waals surface area contributed by atoms with E-state index in [1.54, 1.807) is 19.2 Å². The summed E-state index contributed by atoms with van der Waals surface area (Å²) in [7, 11) is 1.72. The molecule has 2 aromatic heterocycles. The quantitative estimate of drug-likeness (QED) is 0.307. The van der Waals surface area contributed by atoms with Gasteiger partial charge in [0.25, 0.3) is 0 Å². The van der Waals surface area contributed by atoms with E-state index in [-0.39, 0.29) is 0 Å². The zero-order valence-corrected chi connectivity index (χ0v) is 18.4. The van der Waals surface area contributed by atoms with Gasteiger partial charge in [0.2, 0.25) is 0 Å². The van der Waals surface area contributed by atoms with Crippen LogP contribution < -0.4 is 15.2 Å². The predicted molar refractivity (Wildman–Crippen MR) is 123 cm³/mol. The number of nitrogens with zero attached hydrogens (tertiary/aromatic N) is 3. The number of benzene rings is 1. The number of pyridine rings is 1. The zero-order valence-electron chi connectivity index (χ0n) is 17.6. The number of unbranched alkanes of at least 4 members (excludes halogenated alkanes) is 1. The molecule has 0 atom stereocenters. The van der Waals surface area contributed by atoms with E-state index in [4.69, 9.17) is 15.5 Å². The molecule has 2 heterocycles. The first-order valence-electron chi connectivity index (χ1n) is 10.3. The highest BCUT2D eigenvalue weighted by Gasteiger charge is 2.16. The third kappa shape index (κ3) is 5.60. The van der Waals surface area contributed by atoms with Crippen LogP contribution in [0, 0.1) is 5.92 Å². The Morgan fingerprint density at radius 2 is 2.00 bits per heavy atom. The fourth-order valence-electron chi connectivity index (χ4n) is 3.31. The topological polar surface area (TPSA) is 90.0 Å². The van der Waals surface area contributed by atoms with Gasteiger partial charge in [-0.15, -0.1) is 0 Å². The highest BCUT2D eigenvalue weighted by molar-refractivity contribution is 7.95. The van der Waals surface area contributed by atoms with Crippen LogP contribution >= 0.6 is 12.1 Å². The van der Waals surface area contributed by atoms with Crippen LogP contribution in [0.4, 0.5) is 5.82 Å². The van der Waals surface area contributed by atoms with Gasteiger partial charge in [-0.05, 0) is 24.8 Å². The number of anilines is 1. The minimum Gasteiger partial charge on any atom is -0.384 e. The summed E-state index contributed by atoms with van der Waals surface area (Å²) in [4.78, 5) is 9.36. The molecule has 4 N–H and O–H groups in total. The van der Waals surface area contributed by atoms with Crippen molar-refractivity contribution in [3.63, 3.8) is 0 Å². The first kappa shape index (κ1) is 21.8. The monoisotopic (exact) mass is 416 g/mol. The van der Waals surface area contributed by atoms with Crippen LogP contribution in [-0.2, 0) is 17.7 Å². The van der Waals surface area contributed by atoms with Gasteiger partial charge in [0.05, 0.1) is 17.6 Å². The normalized spacial score (nSPS) is 11.9. The first-order chi connectivity index (χ1) is 14.1. The molecule has 0 saturated heterocycles. The Labute approximate surface area is 177 Å². The van der Waals surface area contributed by atoms with Crippen molar-refractivity contribution in [2.24, 2.45) is 5.92 Å². The maximum atomic E-state index is 6.24. The molecule has 0 bridgehead atoms. The number of aromatic nitrogens is 3. The zero-order chi connectivity index (χ0) is 20.6. The van der Waals surface area contributed by atoms with E-state index in [2.05, 4.69) is 38.9 Å². The predicted octanol–water partition coefficient (Wildman–Crippen LogP) is 3.53. The largest absolute Gasteiger partial charge is 0.384 e. The van der Waals surface area contributed by atoms with E-state index < -0.39 is 0 Å². The third-order valence-corrected chi connectivity index (χ3v) is 5.43. The Kier molecular flexibility index (Phi) is 8.11. The molecule has 0 aliphatic heterocycles. The SMILES string of the molecule is COCCc1nc2c(N)nc3ccccc3c2n1CCCCNSNCC(C)C. The third-order valence-electron chi connectivity index (χ3n) is 4.77. The van der Waals surface area contributed by atoms with E-state index in [0.29, 0.717) is 18.3 Å². The molecule has 0 radical (unpaired) electrons. The molecule has 1 aromatic carbocycles. The van der Waals surface area contributed by atoms with Crippen molar-refractivity contribution in [2.75, 3.05) is 32.5 Å². The number of fused-ring (bicyclic) bond motifs is 3. The highest BCUT2D eigenvalue weighted by Crippen LogP contribution is 2.29. The number of rotatable bonds is 12. The van der Waals surface area contributed by atoms with Crippen LogP contribution in [0.5, 0.6) is 0 Å². The van der Waals surface area contributed by atoms with E-state index >= 15 is 0 Å². The number of imidazole rings is 1. The first-order valence-corrected chi connectivity index (χ1v) is 11.1. The molecule has 0 saturated carbocycles. The molecular formula is C21H32N6OS. The summed E-state index contributed by atoms with van der Waals surface area (Å²) < 4.78 is 14.3. The summed E-state index contributed by atoms with van der Waals surface area (Å²) in [6.07, 6.45) is 2.89. The van der Waals surface area contributed by atoms with Crippen molar-refractivity contribution in [1.29, 1.82) is 0 Å². The molecule has 7 nitrogen and oxygen atoms in total. The number of aryl methyl sites for hydroxylation is 1. The van der Waals surface area contributed by atoms with Gasteiger partial charge in [0, 0.05) is 50.7 Å². The maximum Gasteiger partial charge on any atom is 0.152 e. The summed E-state index contributed by atoms with van der Waals surface area (Å²) in [5.41, 5.74) is 9.02. The number of nitrogens with one attached hydrogen (secondary N) is 2. The summed E-state index contributed by atoms with van der Waals surface area (Å²) in [6, 6.07) is 8.13. The molecule has 3 aromatic rings. The highest BCUT2D eigenvalue weighted by atomic mass is 32.2. The number of hydrogen-bond donors (Lipinski definition) is 3. The van der Waals surface area contributed by atoms with Crippen molar-refractivity contribution in [2.45, 2.75) is 39.7 Å². The van der Waals surface area contributed by atoms with Crippen LogP contribution in [0.1, 0.15) is 32.5 Å². The van der Waals surface area contributed by atoms with E-state index in [0.717, 1.165) is 66.7 Å². The molecule has 0 spiro atoms. The minimum absolute atomic E-state index is 0.491. The summed E-state index contributed by atoms with van der Waals surface area (Å²) in [5.74, 6) is 2.15. The Morgan fingerprint density at radius 1 is 1.17 bits per heavy atom. The molecular weight excluding hydrogens is 384 g/mol. The van der Waals surface area contributed by atoms with Crippen LogP contribution in [0.25, 0.3) is 21.9 Å². The number of methoxy groups -OCH3 is 1. The Balaban J connectivity index is 1.73. The van der Waals surface area contributed by atoms with E-state index in [1.807, 2.05) is 18.2 Å². The number of nitrogens with two attached hydrogens (primary N) is 1. The summed E-state index contributed by atoms with van der Waals surface area (Å²) in [5, 5.41) is 1.10. The molecule has 8 heteroatoms. The minimum atomic E-state index is 0.491. The fourth-order valence-corrected chi connectivity index (χ4v) is 4.07. The molecule has 0 fully saturated rings. The number of para-hydroxylation sites is 1. The van der Waals surface area contributed by atoms with Gasteiger partial charge in [-0.3, -0.25) is 9.44 Å². The second-order valence-corrected chi connectivity index (χ2v) is 8.36. The van der Waals surface area contributed by atoms with Crippen LogP contribution in [0.15, 0.2) is 24.3 Å². The van der Waals surface area contributed by atoms with Crippen LogP contribution in [-0.4, -0.2) is 41.3 Å². The van der Waals surface area contributed by atoms with Crippen molar-refractivity contribution >= 4 is 39.9 Å². The Morgan fingerprint density at radius 3 is 2.79 bits per heavy atom. The van der Waals surface area contributed by atoms with Crippen molar-refractivity contribution in [3.8, 4) is 0 Å². The second kappa shape index (κ2) is 10.8. The fraction of sp³-hybridized carbons (Fsp3) is 0.524. The van der Waals surface area contributed by atoms with Crippen LogP contribution in [0.2, 0.25) is 0 Å². The number of hydrogen-bond acceptors (Lipinski definition) is 7. The van der Waals surface area contributed by atoms with Crippen LogP contribution in [0.3, 0.4) is 0 Å². The molecule has 0 unspecified atom stereocenters. The van der Waals surface area contributed by atoms with Gasteiger partial charge in [0.15, 0.2) is 5.82 Å². The average molecular weight is 417 g/mol. The lowest BCUT2D eigenvalue weighted by atomic mass is 10.2. The summed E-state index contributed by atoms with van der Waals surface area (Å²) in [6.45, 7) is 7.90.